The first kappa shape index (κ1) is 22.1. The molecule has 1 saturated carbocycles. The van der Waals surface area contributed by atoms with Crippen LogP contribution in [0.15, 0.2) is 0 Å². The summed E-state index contributed by atoms with van der Waals surface area (Å²) in [5, 5.41) is 18.1. The largest absolute Gasteiger partial charge is 0.479 e. The molecule has 1 aliphatic carbocycles. The number of carbonyl (C=O) groups is 2. The maximum atomic E-state index is 12.4. The Hall–Kier alpha value is -0.900. The standard InChI is InChI=1S/C21H38O4/c1-3-4-5-6-7-8-9-12-17-14-15-19(23)21(17,2)16-11-10-13-18(22)20(24)25/h17-18,22H,3-16H2,1-2H3,(H,24,25)/t17-,18?,21+/m0/s1. The molecule has 1 rings (SSSR count). The first-order valence-corrected chi connectivity index (χ1v) is 10.4. The number of rotatable bonds is 14. The lowest BCUT2D eigenvalue weighted by Crippen LogP contribution is -2.29. The van der Waals surface area contributed by atoms with Gasteiger partial charge >= 0.3 is 5.97 Å². The van der Waals surface area contributed by atoms with Gasteiger partial charge in [0.2, 0.25) is 0 Å². The van der Waals surface area contributed by atoms with Crippen molar-refractivity contribution >= 4 is 11.8 Å². The number of Topliss-reactive ketones (excluding diaryl/α,β-unsaturated/α-hetero) is 1. The van der Waals surface area contributed by atoms with Crippen LogP contribution in [0.4, 0.5) is 0 Å². The van der Waals surface area contributed by atoms with E-state index in [1.807, 2.05) is 0 Å². The molecule has 1 aliphatic rings. The molecule has 1 unspecified atom stereocenters. The van der Waals surface area contributed by atoms with Gasteiger partial charge in [0.15, 0.2) is 6.10 Å². The highest BCUT2D eigenvalue weighted by molar-refractivity contribution is 5.86. The molecule has 0 radical (unpaired) electrons. The van der Waals surface area contributed by atoms with Gasteiger partial charge in [-0.2, -0.15) is 0 Å². The van der Waals surface area contributed by atoms with Crippen LogP contribution in [0.25, 0.3) is 0 Å². The van der Waals surface area contributed by atoms with Gasteiger partial charge in [0.05, 0.1) is 0 Å². The zero-order chi connectivity index (χ0) is 18.7. The van der Waals surface area contributed by atoms with E-state index in [1.54, 1.807) is 0 Å². The summed E-state index contributed by atoms with van der Waals surface area (Å²) in [7, 11) is 0. The predicted octanol–water partition coefficient (Wildman–Crippen LogP) is 5.12. The maximum absolute atomic E-state index is 12.4. The molecule has 0 heterocycles. The first-order valence-electron chi connectivity index (χ1n) is 10.4. The summed E-state index contributed by atoms with van der Waals surface area (Å²) < 4.78 is 0. The minimum atomic E-state index is -1.27. The Morgan fingerprint density at radius 3 is 2.40 bits per heavy atom. The number of carbonyl (C=O) groups excluding carboxylic acids is 1. The first-order chi connectivity index (χ1) is 11.9. The molecule has 25 heavy (non-hydrogen) atoms. The molecule has 0 amide bonds. The quantitative estimate of drug-likeness (QED) is 0.425. The number of aliphatic hydroxyl groups is 1. The Morgan fingerprint density at radius 1 is 1.12 bits per heavy atom. The van der Waals surface area contributed by atoms with Gasteiger partial charge in [0.25, 0.3) is 0 Å². The number of ketones is 1. The molecule has 2 N–H and O–H groups in total. The molecule has 0 spiro atoms. The number of carboxylic acid groups (broad SMARTS) is 1. The fraction of sp³-hybridized carbons (Fsp3) is 0.905. The predicted molar refractivity (Wildman–Crippen MR) is 101 cm³/mol. The van der Waals surface area contributed by atoms with E-state index in [-0.39, 0.29) is 11.8 Å². The molecule has 4 nitrogen and oxygen atoms in total. The summed E-state index contributed by atoms with van der Waals surface area (Å²) in [6, 6.07) is 0. The minimum Gasteiger partial charge on any atom is -0.479 e. The van der Waals surface area contributed by atoms with Gasteiger partial charge in [-0.25, -0.2) is 4.79 Å². The third kappa shape index (κ3) is 7.47. The van der Waals surface area contributed by atoms with Crippen LogP contribution in [-0.2, 0) is 9.59 Å². The monoisotopic (exact) mass is 354 g/mol. The summed E-state index contributed by atoms with van der Waals surface area (Å²) in [5.41, 5.74) is -0.226. The number of hydrogen-bond acceptors (Lipinski definition) is 3. The lowest BCUT2D eigenvalue weighted by atomic mass is 9.73. The lowest BCUT2D eigenvalue weighted by molar-refractivity contribution is -0.147. The van der Waals surface area contributed by atoms with Crippen molar-refractivity contribution in [1.82, 2.24) is 0 Å². The average Bonchev–Trinajstić information content (AvgIpc) is 2.86. The minimum absolute atomic E-state index is 0.226. The van der Waals surface area contributed by atoms with Crippen LogP contribution in [0.5, 0.6) is 0 Å². The summed E-state index contributed by atoms with van der Waals surface area (Å²) in [4.78, 5) is 23.0. The van der Waals surface area contributed by atoms with Crippen molar-refractivity contribution in [3.8, 4) is 0 Å². The molecule has 1 fully saturated rings. The van der Waals surface area contributed by atoms with Crippen molar-refractivity contribution in [1.29, 1.82) is 0 Å². The van der Waals surface area contributed by atoms with Gasteiger partial charge in [-0.15, -0.1) is 0 Å². The van der Waals surface area contributed by atoms with Crippen molar-refractivity contribution < 1.29 is 19.8 Å². The Balaban J connectivity index is 2.28. The van der Waals surface area contributed by atoms with Crippen molar-refractivity contribution in [2.45, 2.75) is 110 Å². The highest BCUT2D eigenvalue weighted by Gasteiger charge is 2.44. The highest BCUT2D eigenvalue weighted by Crippen LogP contribution is 2.46. The number of aliphatic hydroxyl groups excluding tert-OH is 1. The van der Waals surface area contributed by atoms with Crippen LogP contribution in [0.1, 0.15) is 104 Å². The molecule has 0 bridgehead atoms. The SMILES string of the molecule is CCCCCCCCC[C@H]1CCC(=O)[C@]1(C)CCCCC(O)C(=O)O. The Kier molecular flexibility index (Phi) is 10.3. The number of hydrogen-bond donors (Lipinski definition) is 2. The van der Waals surface area contributed by atoms with Crippen molar-refractivity contribution in [3.05, 3.63) is 0 Å². The summed E-state index contributed by atoms with van der Waals surface area (Å²) in [6.45, 7) is 4.35. The van der Waals surface area contributed by atoms with Gasteiger partial charge < -0.3 is 10.2 Å². The smallest absolute Gasteiger partial charge is 0.332 e. The van der Waals surface area contributed by atoms with Crippen LogP contribution in [0, 0.1) is 11.3 Å². The summed E-state index contributed by atoms with van der Waals surface area (Å²) in [5.74, 6) is -0.278. The van der Waals surface area contributed by atoms with Gasteiger partial charge in [-0.3, -0.25) is 4.79 Å². The third-order valence-corrected chi connectivity index (χ3v) is 6.12. The Bertz CT molecular complexity index is 407. The zero-order valence-corrected chi connectivity index (χ0v) is 16.3. The molecular formula is C21H38O4. The molecule has 146 valence electrons. The van der Waals surface area contributed by atoms with Gasteiger partial charge in [-0.05, 0) is 31.6 Å². The fourth-order valence-electron chi connectivity index (χ4n) is 4.24. The Labute approximate surface area is 153 Å². The topological polar surface area (TPSA) is 74.6 Å². The van der Waals surface area contributed by atoms with E-state index in [4.69, 9.17) is 5.11 Å². The van der Waals surface area contributed by atoms with Crippen molar-refractivity contribution in [3.63, 3.8) is 0 Å². The second kappa shape index (κ2) is 11.7. The molecule has 0 aliphatic heterocycles. The zero-order valence-electron chi connectivity index (χ0n) is 16.3. The fourth-order valence-corrected chi connectivity index (χ4v) is 4.24. The van der Waals surface area contributed by atoms with Crippen LogP contribution < -0.4 is 0 Å². The van der Waals surface area contributed by atoms with Gasteiger partial charge in [-0.1, -0.05) is 71.6 Å². The van der Waals surface area contributed by atoms with E-state index in [9.17, 15) is 14.7 Å². The van der Waals surface area contributed by atoms with E-state index < -0.39 is 12.1 Å². The average molecular weight is 355 g/mol. The number of aliphatic carboxylic acids is 1. The third-order valence-electron chi connectivity index (χ3n) is 6.12. The van der Waals surface area contributed by atoms with E-state index in [1.165, 1.54) is 44.9 Å². The molecule has 4 heteroatoms. The maximum Gasteiger partial charge on any atom is 0.332 e. The highest BCUT2D eigenvalue weighted by atomic mass is 16.4. The van der Waals surface area contributed by atoms with Crippen molar-refractivity contribution in [2.75, 3.05) is 0 Å². The number of carboxylic acids is 1. The van der Waals surface area contributed by atoms with Crippen LogP contribution >= 0.6 is 0 Å². The second-order valence-electron chi connectivity index (χ2n) is 8.09. The molecule has 0 aromatic heterocycles. The summed E-state index contributed by atoms with van der Waals surface area (Å²) in [6.07, 6.45) is 13.3. The Morgan fingerprint density at radius 2 is 1.76 bits per heavy atom. The van der Waals surface area contributed by atoms with Gasteiger partial charge in [0, 0.05) is 11.8 Å². The summed E-state index contributed by atoms with van der Waals surface area (Å²) >= 11 is 0. The van der Waals surface area contributed by atoms with Crippen molar-refractivity contribution in [2.24, 2.45) is 11.3 Å². The molecular weight excluding hydrogens is 316 g/mol. The van der Waals surface area contributed by atoms with E-state index in [2.05, 4.69) is 13.8 Å². The second-order valence-corrected chi connectivity index (χ2v) is 8.09. The number of unbranched alkanes of at least 4 members (excludes halogenated alkanes) is 7. The molecule has 0 saturated heterocycles. The van der Waals surface area contributed by atoms with E-state index >= 15 is 0 Å². The van der Waals surface area contributed by atoms with Crippen LogP contribution in [0.3, 0.4) is 0 Å². The van der Waals surface area contributed by atoms with E-state index in [0.29, 0.717) is 24.5 Å². The normalized spacial score (nSPS) is 24.6. The van der Waals surface area contributed by atoms with E-state index in [0.717, 1.165) is 25.7 Å². The van der Waals surface area contributed by atoms with Crippen LogP contribution in [0.2, 0.25) is 0 Å². The lowest BCUT2D eigenvalue weighted by Gasteiger charge is -2.30. The molecule has 0 aromatic carbocycles. The van der Waals surface area contributed by atoms with Gasteiger partial charge in [0.1, 0.15) is 5.78 Å². The molecule has 0 aromatic rings. The molecule has 3 atom stereocenters. The van der Waals surface area contributed by atoms with Crippen LogP contribution in [-0.4, -0.2) is 28.1 Å².